The molecule has 0 aliphatic heterocycles. The second kappa shape index (κ2) is 8.52. The third-order valence-electron chi connectivity index (χ3n) is 3.91. The zero-order valence-corrected chi connectivity index (χ0v) is 14.4. The standard InChI is InChI=1S/C19H20N2O2.ClH/c1-23-17-9-7-15(16-8-10-18(22)21-19(16)17)11-12-20-13-14-5-3-2-4-6-14;/h2-10,20H,11-13H2,1H3,(H,21,22);1H. The lowest BCUT2D eigenvalue weighted by Gasteiger charge is -2.11. The van der Waals surface area contributed by atoms with Crippen molar-refractivity contribution in [3.63, 3.8) is 0 Å². The highest BCUT2D eigenvalue weighted by molar-refractivity contribution is 5.87. The molecule has 0 fully saturated rings. The molecule has 3 rings (SSSR count). The summed E-state index contributed by atoms with van der Waals surface area (Å²) in [5.74, 6) is 0.693. The number of ether oxygens (including phenoxy) is 1. The number of halogens is 1. The number of H-pyrrole nitrogens is 1. The van der Waals surface area contributed by atoms with Gasteiger partial charge in [-0.25, -0.2) is 0 Å². The predicted octanol–water partition coefficient (Wildman–Crippen LogP) is 3.29. The van der Waals surface area contributed by atoms with Gasteiger partial charge in [-0.05, 0) is 36.2 Å². The normalized spacial score (nSPS) is 10.4. The topological polar surface area (TPSA) is 54.1 Å². The van der Waals surface area contributed by atoms with Gasteiger partial charge in [0.1, 0.15) is 5.75 Å². The SMILES string of the molecule is COc1ccc(CCNCc2ccccc2)c2ccc(=O)[nH]c12.Cl. The number of benzene rings is 2. The van der Waals surface area contributed by atoms with E-state index in [-0.39, 0.29) is 18.0 Å². The second-order valence-electron chi connectivity index (χ2n) is 5.45. The van der Waals surface area contributed by atoms with Crippen molar-refractivity contribution in [2.45, 2.75) is 13.0 Å². The molecule has 0 atom stereocenters. The summed E-state index contributed by atoms with van der Waals surface area (Å²) in [5.41, 5.74) is 3.12. The van der Waals surface area contributed by atoms with Crippen molar-refractivity contribution in [1.82, 2.24) is 10.3 Å². The van der Waals surface area contributed by atoms with Crippen LogP contribution >= 0.6 is 12.4 Å². The molecule has 0 saturated carbocycles. The van der Waals surface area contributed by atoms with E-state index < -0.39 is 0 Å². The lowest BCUT2D eigenvalue weighted by Crippen LogP contribution is -2.17. The Morgan fingerprint density at radius 2 is 1.83 bits per heavy atom. The Balaban J connectivity index is 0.00000208. The van der Waals surface area contributed by atoms with Crippen molar-refractivity contribution < 1.29 is 4.74 Å². The minimum Gasteiger partial charge on any atom is -0.495 e. The summed E-state index contributed by atoms with van der Waals surface area (Å²) in [4.78, 5) is 14.4. The van der Waals surface area contributed by atoms with Gasteiger partial charge in [-0.1, -0.05) is 36.4 Å². The Labute approximate surface area is 147 Å². The Kier molecular flexibility index (Phi) is 6.41. The minimum atomic E-state index is -0.116. The van der Waals surface area contributed by atoms with Crippen LogP contribution in [0.25, 0.3) is 10.9 Å². The zero-order valence-electron chi connectivity index (χ0n) is 13.5. The molecule has 5 heteroatoms. The van der Waals surface area contributed by atoms with E-state index in [1.807, 2.05) is 30.3 Å². The molecule has 3 aromatic rings. The van der Waals surface area contributed by atoms with Crippen LogP contribution in [0.15, 0.2) is 59.4 Å². The first-order valence-corrected chi connectivity index (χ1v) is 7.71. The summed E-state index contributed by atoms with van der Waals surface area (Å²) in [6.07, 6.45) is 0.888. The lowest BCUT2D eigenvalue weighted by atomic mass is 10.0. The first kappa shape index (κ1) is 18.0. The quantitative estimate of drug-likeness (QED) is 0.675. The van der Waals surface area contributed by atoms with E-state index in [0.29, 0.717) is 5.75 Å². The van der Waals surface area contributed by atoms with E-state index in [9.17, 15) is 4.79 Å². The molecule has 0 aliphatic carbocycles. The van der Waals surface area contributed by atoms with Crippen LogP contribution in [0.4, 0.5) is 0 Å². The second-order valence-corrected chi connectivity index (χ2v) is 5.45. The van der Waals surface area contributed by atoms with Crippen molar-refractivity contribution in [2.24, 2.45) is 0 Å². The number of fused-ring (bicyclic) bond motifs is 1. The summed E-state index contributed by atoms with van der Waals surface area (Å²) >= 11 is 0. The maximum Gasteiger partial charge on any atom is 0.248 e. The van der Waals surface area contributed by atoms with E-state index in [4.69, 9.17) is 4.74 Å². The van der Waals surface area contributed by atoms with Gasteiger partial charge in [0.25, 0.3) is 0 Å². The molecule has 0 spiro atoms. The number of methoxy groups -OCH3 is 1. The van der Waals surface area contributed by atoms with E-state index in [1.165, 1.54) is 11.1 Å². The lowest BCUT2D eigenvalue weighted by molar-refractivity contribution is 0.418. The molecule has 2 N–H and O–H groups in total. The van der Waals surface area contributed by atoms with E-state index in [2.05, 4.69) is 28.5 Å². The fourth-order valence-corrected chi connectivity index (χ4v) is 2.73. The first-order chi connectivity index (χ1) is 11.3. The van der Waals surface area contributed by atoms with E-state index in [1.54, 1.807) is 13.2 Å². The molecule has 1 aromatic heterocycles. The summed E-state index contributed by atoms with van der Waals surface area (Å²) in [5, 5.41) is 4.48. The molecule has 0 bridgehead atoms. The van der Waals surface area contributed by atoms with Gasteiger partial charge in [0.05, 0.1) is 12.6 Å². The average molecular weight is 345 g/mol. The number of hydrogen-bond donors (Lipinski definition) is 2. The number of rotatable bonds is 6. The highest BCUT2D eigenvalue weighted by atomic mass is 35.5. The van der Waals surface area contributed by atoms with Crippen LogP contribution in [0.3, 0.4) is 0 Å². The van der Waals surface area contributed by atoms with Crippen molar-refractivity contribution in [1.29, 1.82) is 0 Å². The van der Waals surface area contributed by atoms with Crippen LogP contribution in [-0.2, 0) is 13.0 Å². The highest BCUT2D eigenvalue weighted by Crippen LogP contribution is 2.25. The van der Waals surface area contributed by atoms with Crippen molar-refractivity contribution in [3.05, 3.63) is 76.1 Å². The summed E-state index contributed by atoms with van der Waals surface area (Å²) in [7, 11) is 1.61. The fourth-order valence-electron chi connectivity index (χ4n) is 2.73. The number of hydrogen-bond acceptors (Lipinski definition) is 3. The fraction of sp³-hybridized carbons (Fsp3) is 0.211. The molecule has 4 nitrogen and oxygen atoms in total. The molecule has 24 heavy (non-hydrogen) atoms. The van der Waals surface area contributed by atoms with Gasteiger partial charge >= 0.3 is 0 Å². The van der Waals surface area contributed by atoms with Gasteiger partial charge < -0.3 is 15.0 Å². The van der Waals surface area contributed by atoms with Gasteiger partial charge in [0.2, 0.25) is 5.56 Å². The molecular weight excluding hydrogens is 324 g/mol. The number of nitrogens with one attached hydrogen (secondary N) is 2. The Hall–Kier alpha value is -2.30. The van der Waals surface area contributed by atoms with Crippen LogP contribution in [0.1, 0.15) is 11.1 Å². The molecule has 0 amide bonds. The maximum absolute atomic E-state index is 11.6. The van der Waals surface area contributed by atoms with Crippen molar-refractivity contribution in [2.75, 3.05) is 13.7 Å². The van der Waals surface area contributed by atoms with Crippen LogP contribution in [-0.4, -0.2) is 18.6 Å². The van der Waals surface area contributed by atoms with Crippen molar-refractivity contribution >= 4 is 23.3 Å². The van der Waals surface area contributed by atoms with Gasteiger partial charge in [-0.2, -0.15) is 0 Å². The molecule has 126 valence electrons. The third kappa shape index (κ3) is 4.16. The van der Waals surface area contributed by atoms with Crippen molar-refractivity contribution in [3.8, 4) is 5.75 Å². The van der Waals surface area contributed by atoms with E-state index >= 15 is 0 Å². The molecule has 0 aliphatic rings. The Bertz CT molecular complexity index is 847. The van der Waals surface area contributed by atoms with Crippen LogP contribution < -0.4 is 15.6 Å². The molecule has 1 heterocycles. The summed E-state index contributed by atoms with van der Waals surface area (Å²) in [6, 6.07) is 17.7. The smallest absolute Gasteiger partial charge is 0.248 e. The third-order valence-corrected chi connectivity index (χ3v) is 3.91. The molecule has 2 aromatic carbocycles. The predicted molar refractivity (Wildman–Crippen MR) is 100 cm³/mol. The average Bonchev–Trinajstić information content (AvgIpc) is 2.59. The molecule has 0 radical (unpaired) electrons. The monoisotopic (exact) mass is 344 g/mol. The molecule has 0 unspecified atom stereocenters. The molecule has 0 saturated heterocycles. The zero-order chi connectivity index (χ0) is 16.1. The largest absolute Gasteiger partial charge is 0.495 e. The number of aromatic nitrogens is 1. The minimum absolute atomic E-state index is 0. The van der Waals surface area contributed by atoms with Gasteiger partial charge in [0, 0.05) is 18.0 Å². The van der Waals surface area contributed by atoms with Crippen LogP contribution in [0.5, 0.6) is 5.75 Å². The summed E-state index contributed by atoms with van der Waals surface area (Å²) in [6.45, 7) is 1.72. The Morgan fingerprint density at radius 3 is 2.58 bits per heavy atom. The number of aromatic amines is 1. The van der Waals surface area contributed by atoms with Crippen LogP contribution in [0.2, 0.25) is 0 Å². The van der Waals surface area contributed by atoms with E-state index in [0.717, 1.165) is 30.4 Å². The Morgan fingerprint density at radius 1 is 1.04 bits per heavy atom. The molecular formula is C19H21ClN2O2. The van der Waals surface area contributed by atoms with Gasteiger partial charge in [0.15, 0.2) is 0 Å². The van der Waals surface area contributed by atoms with Gasteiger partial charge in [-0.15, -0.1) is 12.4 Å². The number of pyridine rings is 1. The highest BCUT2D eigenvalue weighted by Gasteiger charge is 2.07. The first-order valence-electron chi connectivity index (χ1n) is 7.71. The van der Waals surface area contributed by atoms with Crippen LogP contribution in [0, 0.1) is 0 Å². The summed E-state index contributed by atoms with van der Waals surface area (Å²) < 4.78 is 5.34. The maximum atomic E-state index is 11.6. The van der Waals surface area contributed by atoms with Gasteiger partial charge in [-0.3, -0.25) is 4.79 Å².